The number of nitrogens with zero attached hydrogens (tertiary/aromatic N) is 1. The number of hydrogen-bond acceptors (Lipinski definition) is 4. The second-order valence-electron chi connectivity index (χ2n) is 5.65. The highest BCUT2D eigenvalue weighted by Crippen LogP contribution is 2.28. The van der Waals surface area contributed by atoms with Crippen LogP contribution < -0.4 is 11.1 Å². The van der Waals surface area contributed by atoms with E-state index in [0.717, 1.165) is 34.8 Å². The molecular weight excluding hydrogens is 258 g/mol. The van der Waals surface area contributed by atoms with Gasteiger partial charge in [-0.3, -0.25) is 4.79 Å². The first-order chi connectivity index (χ1) is 9.13. The number of anilines is 1. The Balaban J connectivity index is 1.60. The molecule has 0 radical (unpaired) electrons. The Morgan fingerprint density at radius 2 is 2.32 bits per heavy atom. The summed E-state index contributed by atoms with van der Waals surface area (Å²) < 4.78 is 0. The minimum atomic E-state index is 0.0428. The summed E-state index contributed by atoms with van der Waals surface area (Å²) >= 11 is 1.48. The number of carbonyl (C=O) groups excluding carboxylic acids is 1. The Morgan fingerprint density at radius 3 is 3.05 bits per heavy atom. The van der Waals surface area contributed by atoms with Crippen molar-refractivity contribution in [3.63, 3.8) is 0 Å². The average molecular weight is 279 g/mol. The third kappa shape index (κ3) is 2.62. The number of thiophene rings is 1. The van der Waals surface area contributed by atoms with E-state index in [-0.39, 0.29) is 5.91 Å². The minimum Gasteiger partial charge on any atom is -0.398 e. The highest BCUT2D eigenvalue weighted by Gasteiger charge is 2.32. The van der Waals surface area contributed by atoms with Crippen LogP contribution in [0.15, 0.2) is 6.07 Å². The number of hydrogen-bond donors (Lipinski definition) is 2. The summed E-state index contributed by atoms with van der Waals surface area (Å²) in [6.45, 7) is 4.32. The van der Waals surface area contributed by atoms with Crippen molar-refractivity contribution in [1.82, 2.24) is 10.2 Å². The predicted molar refractivity (Wildman–Crippen MR) is 78.6 cm³/mol. The molecule has 2 aliphatic rings. The molecule has 0 spiro atoms. The van der Waals surface area contributed by atoms with Gasteiger partial charge in [0.15, 0.2) is 0 Å². The van der Waals surface area contributed by atoms with Crippen LogP contribution in [-0.2, 0) is 0 Å². The first-order valence-electron chi connectivity index (χ1n) is 7.04. The molecule has 5 heteroatoms. The van der Waals surface area contributed by atoms with E-state index in [1.54, 1.807) is 6.07 Å². The molecular formula is C14H21N3OS. The number of piperidine rings is 1. The topological polar surface area (TPSA) is 58.4 Å². The summed E-state index contributed by atoms with van der Waals surface area (Å²) in [7, 11) is 0. The molecule has 3 N–H and O–H groups in total. The number of carbonyl (C=O) groups is 1. The molecule has 3 rings (SSSR count). The summed E-state index contributed by atoms with van der Waals surface area (Å²) in [6.07, 6.45) is 4.77. The Bertz CT molecular complexity index is 466. The number of aryl methyl sites for hydroxylation is 1. The lowest BCUT2D eigenvalue weighted by atomic mass is 9.97. The number of amides is 1. The summed E-state index contributed by atoms with van der Waals surface area (Å²) in [5.41, 5.74) is 6.53. The van der Waals surface area contributed by atoms with Crippen molar-refractivity contribution in [3.05, 3.63) is 15.8 Å². The molecule has 0 aromatic carbocycles. The van der Waals surface area contributed by atoms with Crippen LogP contribution in [0.25, 0.3) is 0 Å². The molecule has 2 fully saturated rings. The van der Waals surface area contributed by atoms with Crippen molar-refractivity contribution in [3.8, 4) is 0 Å². The molecule has 2 saturated heterocycles. The molecule has 3 heterocycles. The van der Waals surface area contributed by atoms with Crippen molar-refractivity contribution >= 4 is 22.9 Å². The van der Waals surface area contributed by atoms with Crippen molar-refractivity contribution < 1.29 is 4.79 Å². The molecule has 1 aromatic rings. The van der Waals surface area contributed by atoms with Gasteiger partial charge in [-0.1, -0.05) is 0 Å². The third-order valence-electron chi connectivity index (χ3n) is 4.34. The number of nitrogen functional groups attached to an aromatic ring is 1. The lowest BCUT2D eigenvalue weighted by Crippen LogP contribution is -2.47. The molecule has 1 amide bonds. The molecule has 2 atom stereocenters. The van der Waals surface area contributed by atoms with Gasteiger partial charge in [-0.05, 0) is 45.2 Å². The molecule has 0 bridgehead atoms. The maximum Gasteiger partial charge on any atom is 0.261 e. The van der Waals surface area contributed by atoms with E-state index in [0.29, 0.717) is 12.1 Å². The van der Waals surface area contributed by atoms with Crippen LogP contribution in [0.3, 0.4) is 0 Å². The van der Waals surface area contributed by atoms with Crippen molar-refractivity contribution in [2.24, 2.45) is 0 Å². The van der Waals surface area contributed by atoms with Crippen LogP contribution in [0, 0.1) is 6.92 Å². The largest absolute Gasteiger partial charge is 0.398 e. The zero-order valence-electron chi connectivity index (χ0n) is 11.3. The maximum atomic E-state index is 12.2. The van der Waals surface area contributed by atoms with Crippen LogP contribution in [0.5, 0.6) is 0 Å². The quantitative estimate of drug-likeness (QED) is 0.870. The van der Waals surface area contributed by atoms with Crippen LogP contribution >= 0.6 is 11.3 Å². The fourth-order valence-electron chi connectivity index (χ4n) is 3.22. The Labute approximate surface area is 118 Å². The lowest BCUT2D eigenvalue weighted by Gasteiger charge is -2.35. The highest BCUT2D eigenvalue weighted by atomic mass is 32.1. The zero-order chi connectivity index (χ0) is 13.4. The molecule has 1 aromatic heterocycles. The van der Waals surface area contributed by atoms with E-state index < -0.39 is 0 Å². The number of nitrogens with two attached hydrogens (primary N) is 1. The highest BCUT2D eigenvalue weighted by molar-refractivity contribution is 7.14. The van der Waals surface area contributed by atoms with Crippen LogP contribution in [0.1, 0.15) is 40.2 Å². The van der Waals surface area contributed by atoms with Crippen LogP contribution in [-0.4, -0.2) is 36.0 Å². The molecule has 2 aliphatic heterocycles. The minimum absolute atomic E-state index is 0.0428. The monoisotopic (exact) mass is 279 g/mol. The molecule has 4 nitrogen and oxygen atoms in total. The van der Waals surface area contributed by atoms with Crippen molar-refractivity contribution in [2.45, 2.75) is 44.7 Å². The molecule has 0 aliphatic carbocycles. The Hall–Kier alpha value is -1.07. The van der Waals surface area contributed by atoms with Gasteiger partial charge in [0.05, 0.1) is 4.88 Å². The fourth-order valence-corrected chi connectivity index (χ4v) is 4.06. The Kier molecular flexibility index (Phi) is 3.50. The standard InChI is InChI=1S/C14H21N3OS/c1-9-12(15)8-13(19-9)14(18)16-10-4-6-17-5-2-3-11(17)7-10/h8,10-11H,2-7,15H2,1H3,(H,16,18). The van der Waals surface area contributed by atoms with Gasteiger partial charge in [0.25, 0.3) is 5.91 Å². The van der Waals surface area contributed by atoms with Gasteiger partial charge in [-0.2, -0.15) is 0 Å². The van der Waals surface area contributed by atoms with Gasteiger partial charge < -0.3 is 16.0 Å². The van der Waals surface area contributed by atoms with Gasteiger partial charge in [-0.15, -0.1) is 11.3 Å². The van der Waals surface area contributed by atoms with Crippen LogP contribution in [0.4, 0.5) is 5.69 Å². The SMILES string of the molecule is Cc1sc(C(=O)NC2CCN3CCCC3C2)cc1N. The molecule has 104 valence electrons. The molecule has 2 unspecified atom stereocenters. The van der Waals surface area contributed by atoms with Gasteiger partial charge in [0.1, 0.15) is 0 Å². The normalized spacial score (nSPS) is 27.2. The average Bonchev–Trinajstić information content (AvgIpc) is 2.96. The summed E-state index contributed by atoms with van der Waals surface area (Å²) in [6, 6.07) is 2.81. The summed E-state index contributed by atoms with van der Waals surface area (Å²) in [4.78, 5) is 16.5. The van der Waals surface area contributed by atoms with Crippen molar-refractivity contribution in [2.75, 3.05) is 18.8 Å². The first-order valence-corrected chi connectivity index (χ1v) is 7.86. The van der Waals surface area contributed by atoms with E-state index in [4.69, 9.17) is 5.73 Å². The third-order valence-corrected chi connectivity index (χ3v) is 5.40. The van der Waals surface area contributed by atoms with Gasteiger partial charge >= 0.3 is 0 Å². The summed E-state index contributed by atoms with van der Waals surface area (Å²) in [5, 5.41) is 3.18. The Morgan fingerprint density at radius 1 is 1.47 bits per heavy atom. The number of nitrogens with one attached hydrogen (secondary N) is 1. The van der Waals surface area contributed by atoms with E-state index in [2.05, 4.69) is 10.2 Å². The van der Waals surface area contributed by atoms with E-state index >= 15 is 0 Å². The number of fused-ring (bicyclic) bond motifs is 1. The van der Waals surface area contributed by atoms with Gasteiger partial charge in [-0.25, -0.2) is 0 Å². The number of rotatable bonds is 2. The first kappa shape index (κ1) is 12.9. The summed E-state index contributed by atoms with van der Waals surface area (Å²) in [5.74, 6) is 0.0428. The van der Waals surface area contributed by atoms with Gasteiger partial charge in [0.2, 0.25) is 0 Å². The maximum absolute atomic E-state index is 12.2. The predicted octanol–water partition coefficient (Wildman–Crippen LogP) is 2.00. The molecule has 0 saturated carbocycles. The fraction of sp³-hybridized carbons (Fsp3) is 0.643. The van der Waals surface area contributed by atoms with E-state index in [9.17, 15) is 4.79 Å². The lowest BCUT2D eigenvalue weighted by molar-refractivity contribution is 0.0900. The van der Waals surface area contributed by atoms with Crippen molar-refractivity contribution in [1.29, 1.82) is 0 Å². The van der Waals surface area contributed by atoms with Gasteiger partial charge in [0, 0.05) is 29.2 Å². The van der Waals surface area contributed by atoms with Crippen LogP contribution in [0.2, 0.25) is 0 Å². The smallest absolute Gasteiger partial charge is 0.261 e. The molecule has 19 heavy (non-hydrogen) atoms. The second-order valence-corrected chi connectivity index (χ2v) is 6.91. The van der Waals surface area contributed by atoms with E-state index in [1.807, 2.05) is 6.92 Å². The van der Waals surface area contributed by atoms with E-state index in [1.165, 1.54) is 30.7 Å². The second kappa shape index (κ2) is 5.13. The zero-order valence-corrected chi connectivity index (χ0v) is 12.1.